The largest absolute Gasteiger partial charge is 0.356 e. The standard InChI is InChI=1S/C22H25N3O2S2/c1-15-16(2)29-21-19(15)20(25-10-8-22(9-11-25)26-12-13-27-22)23-18(24-21)14-28-17-6-4-3-5-7-17/h3-7H,8-14H2,1-2H3. The van der Waals surface area contributed by atoms with Gasteiger partial charge in [0, 0.05) is 35.7 Å². The number of nitrogens with zero attached hydrogens (tertiary/aromatic N) is 3. The fourth-order valence-electron chi connectivity index (χ4n) is 4.07. The van der Waals surface area contributed by atoms with E-state index in [1.165, 1.54) is 20.7 Å². The summed E-state index contributed by atoms with van der Waals surface area (Å²) in [7, 11) is 0. The van der Waals surface area contributed by atoms with Crippen LogP contribution in [-0.2, 0) is 15.2 Å². The molecule has 0 amide bonds. The monoisotopic (exact) mass is 427 g/mol. The Morgan fingerprint density at radius 3 is 2.52 bits per heavy atom. The predicted molar refractivity (Wildman–Crippen MR) is 119 cm³/mol. The number of hydrogen-bond acceptors (Lipinski definition) is 7. The van der Waals surface area contributed by atoms with Crippen LogP contribution in [0, 0.1) is 13.8 Å². The van der Waals surface area contributed by atoms with Crippen LogP contribution >= 0.6 is 23.1 Å². The Bertz CT molecular complexity index is 1010. The molecule has 2 aromatic heterocycles. The fourth-order valence-corrected chi connectivity index (χ4v) is 5.89. The number of piperidine rings is 1. The van der Waals surface area contributed by atoms with E-state index >= 15 is 0 Å². The molecular formula is C22H25N3O2S2. The number of benzene rings is 1. The zero-order valence-corrected chi connectivity index (χ0v) is 18.4. The number of thioether (sulfide) groups is 1. The number of fused-ring (bicyclic) bond motifs is 1. The minimum absolute atomic E-state index is 0.367. The highest BCUT2D eigenvalue weighted by molar-refractivity contribution is 7.98. The number of thiophene rings is 1. The molecule has 0 bridgehead atoms. The molecule has 5 nitrogen and oxygen atoms in total. The number of aryl methyl sites for hydroxylation is 2. The predicted octanol–water partition coefficient (Wildman–Crippen LogP) is 4.94. The van der Waals surface area contributed by atoms with Crippen molar-refractivity contribution in [1.29, 1.82) is 0 Å². The molecule has 1 aromatic carbocycles. The molecule has 2 saturated heterocycles. The van der Waals surface area contributed by atoms with Gasteiger partial charge in [0.15, 0.2) is 5.79 Å². The molecule has 1 spiro atoms. The van der Waals surface area contributed by atoms with E-state index in [4.69, 9.17) is 19.4 Å². The molecule has 5 rings (SSSR count). The van der Waals surface area contributed by atoms with Crippen molar-refractivity contribution in [3.63, 3.8) is 0 Å². The van der Waals surface area contributed by atoms with E-state index in [9.17, 15) is 0 Å². The SMILES string of the molecule is Cc1sc2nc(CSc3ccccc3)nc(N3CCC4(CC3)OCCO4)c2c1C. The van der Waals surface area contributed by atoms with Crippen molar-refractivity contribution in [2.24, 2.45) is 0 Å². The van der Waals surface area contributed by atoms with Crippen LogP contribution in [0.2, 0.25) is 0 Å². The second-order valence-corrected chi connectivity index (χ2v) is 9.88. The van der Waals surface area contributed by atoms with E-state index in [2.05, 4.69) is 43.0 Å². The topological polar surface area (TPSA) is 47.5 Å². The molecule has 2 aliphatic heterocycles. The van der Waals surface area contributed by atoms with Crippen molar-refractivity contribution in [3.8, 4) is 0 Å². The van der Waals surface area contributed by atoms with Crippen LogP contribution in [0.25, 0.3) is 10.2 Å². The highest BCUT2D eigenvalue weighted by Gasteiger charge is 2.40. The van der Waals surface area contributed by atoms with E-state index in [1.807, 2.05) is 6.07 Å². The summed E-state index contributed by atoms with van der Waals surface area (Å²) in [5, 5.41) is 1.21. The second-order valence-electron chi connectivity index (χ2n) is 7.62. The van der Waals surface area contributed by atoms with Gasteiger partial charge in [-0.25, -0.2) is 9.97 Å². The van der Waals surface area contributed by atoms with E-state index in [0.717, 1.165) is 48.2 Å². The summed E-state index contributed by atoms with van der Waals surface area (Å²) in [6.07, 6.45) is 1.77. The summed E-state index contributed by atoms with van der Waals surface area (Å²) >= 11 is 3.56. The molecule has 0 N–H and O–H groups in total. The lowest BCUT2D eigenvalue weighted by molar-refractivity contribution is -0.169. The van der Waals surface area contributed by atoms with Gasteiger partial charge in [-0.05, 0) is 31.5 Å². The van der Waals surface area contributed by atoms with Crippen LogP contribution in [0.15, 0.2) is 35.2 Å². The van der Waals surface area contributed by atoms with Crippen molar-refractivity contribution in [2.75, 3.05) is 31.2 Å². The van der Waals surface area contributed by atoms with Crippen molar-refractivity contribution in [3.05, 3.63) is 46.6 Å². The molecule has 0 saturated carbocycles. The fraction of sp³-hybridized carbons (Fsp3) is 0.455. The van der Waals surface area contributed by atoms with Crippen LogP contribution in [0.3, 0.4) is 0 Å². The molecule has 29 heavy (non-hydrogen) atoms. The van der Waals surface area contributed by atoms with E-state index in [-0.39, 0.29) is 5.79 Å². The molecule has 2 fully saturated rings. The third-order valence-electron chi connectivity index (χ3n) is 5.81. The Balaban J connectivity index is 1.44. The number of aromatic nitrogens is 2. The summed E-state index contributed by atoms with van der Waals surface area (Å²) in [4.78, 5) is 16.0. The lowest BCUT2D eigenvalue weighted by Crippen LogP contribution is -2.45. The smallest absolute Gasteiger partial charge is 0.171 e. The minimum atomic E-state index is -0.367. The molecule has 7 heteroatoms. The minimum Gasteiger partial charge on any atom is -0.356 e. The van der Waals surface area contributed by atoms with Crippen molar-refractivity contribution in [1.82, 2.24) is 9.97 Å². The Morgan fingerprint density at radius 1 is 1.07 bits per heavy atom. The van der Waals surface area contributed by atoms with Gasteiger partial charge in [-0.15, -0.1) is 23.1 Å². The van der Waals surface area contributed by atoms with Crippen molar-refractivity contribution in [2.45, 2.75) is 43.1 Å². The summed E-state index contributed by atoms with van der Waals surface area (Å²) in [5.74, 6) is 2.38. The quantitative estimate of drug-likeness (QED) is 0.550. The van der Waals surface area contributed by atoms with Crippen LogP contribution in [-0.4, -0.2) is 42.1 Å². The molecular weight excluding hydrogens is 402 g/mol. The third-order valence-corrected chi connectivity index (χ3v) is 7.91. The summed E-state index contributed by atoms with van der Waals surface area (Å²) in [6, 6.07) is 10.5. The molecule has 0 radical (unpaired) electrons. The molecule has 4 heterocycles. The van der Waals surface area contributed by atoms with Gasteiger partial charge in [-0.2, -0.15) is 0 Å². The maximum atomic E-state index is 5.91. The number of anilines is 1. The van der Waals surface area contributed by atoms with Crippen LogP contribution in [0.4, 0.5) is 5.82 Å². The Morgan fingerprint density at radius 2 is 1.79 bits per heavy atom. The molecule has 3 aromatic rings. The van der Waals surface area contributed by atoms with Gasteiger partial charge < -0.3 is 14.4 Å². The zero-order valence-electron chi connectivity index (χ0n) is 16.8. The van der Waals surface area contributed by atoms with E-state index in [0.29, 0.717) is 13.2 Å². The summed E-state index contributed by atoms with van der Waals surface area (Å²) in [6.45, 7) is 7.57. The van der Waals surface area contributed by atoms with Crippen LogP contribution in [0.5, 0.6) is 0 Å². The number of rotatable bonds is 4. The van der Waals surface area contributed by atoms with Crippen LogP contribution < -0.4 is 4.90 Å². The summed E-state index contributed by atoms with van der Waals surface area (Å²) < 4.78 is 11.8. The maximum absolute atomic E-state index is 5.91. The van der Waals surface area contributed by atoms with Gasteiger partial charge in [0.25, 0.3) is 0 Å². The van der Waals surface area contributed by atoms with Crippen molar-refractivity contribution < 1.29 is 9.47 Å². The molecule has 0 aliphatic carbocycles. The average molecular weight is 428 g/mol. The Kier molecular flexibility index (Phi) is 5.24. The Hall–Kier alpha value is -1.67. The number of ether oxygens (including phenoxy) is 2. The second kappa shape index (κ2) is 7.87. The lowest BCUT2D eigenvalue weighted by atomic mass is 10.0. The first kappa shape index (κ1) is 19.3. The first-order valence-electron chi connectivity index (χ1n) is 10.1. The van der Waals surface area contributed by atoms with Crippen LogP contribution in [0.1, 0.15) is 29.1 Å². The van der Waals surface area contributed by atoms with Crippen molar-refractivity contribution >= 4 is 39.1 Å². The first-order valence-corrected chi connectivity index (χ1v) is 11.9. The first-order chi connectivity index (χ1) is 14.1. The van der Waals surface area contributed by atoms with Gasteiger partial charge in [-0.3, -0.25) is 0 Å². The molecule has 2 aliphatic rings. The highest BCUT2D eigenvalue weighted by atomic mass is 32.2. The molecule has 0 atom stereocenters. The average Bonchev–Trinajstić information content (AvgIpc) is 3.32. The normalized spacial score (nSPS) is 18.8. The van der Waals surface area contributed by atoms with E-state index in [1.54, 1.807) is 23.1 Å². The lowest BCUT2D eigenvalue weighted by Gasteiger charge is -2.38. The third kappa shape index (κ3) is 3.77. The van der Waals surface area contributed by atoms with Gasteiger partial charge in [0.05, 0.1) is 24.4 Å². The van der Waals surface area contributed by atoms with Gasteiger partial charge in [-0.1, -0.05) is 18.2 Å². The van der Waals surface area contributed by atoms with Gasteiger partial charge in [0.2, 0.25) is 0 Å². The van der Waals surface area contributed by atoms with E-state index < -0.39 is 0 Å². The summed E-state index contributed by atoms with van der Waals surface area (Å²) in [5.41, 5.74) is 1.30. The molecule has 0 unspecified atom stereocenters. The maximum Gasteiger partial charge on any atom is 0.171 e. The number of hydrogen-bond donors (Lipinski definition) is 0. The zero-order chi connectivity index (χ0) is 19.8. The highest BCUT2D eigenvalue weighted by Crippen LogP contribution is 2.39. The van der Waals surface area contributed by atoms with Gasteiger partial charge in [0.1, 0.15) is 16.5 Å². The Labute approximate surface area is 179 Å². The van der Waals surface area contributed by atoms with Gasteiger partial charge >= 0.3 is 0 Å². The molecule has 152 valence electrons.